The maximum atomic E-state index is 12.8. The summed E-state index contributed by atoms with van der Waals surface area (Å²) >= 11 is 0. The van der Waals surface area contributed by atoms with Crippen molar-refractivity contribution in [1.82, 2.24) is 14.9 Å². The van der Waals surface area contributed by atoms with Gasteiger partial charge in [-0.1, -0.05) is 19.1 Å². The Bertz CT molecular complexity index is 726. The molecule has 1 saturated heterocycles. The Morgan fingerprint density at radius 1 is 1.24 bits per heavy atom. The molecule has 2 rings (SSSR count). The first-order chi connectivity index (χ1) is 13.5. The van der Waals surface area contributed by atoms with E-state index in [1.165, 1.54) is 0 Å². The van der Waals surface area contributed by atoms with Crippen molar-refractivity contribution in [3.8, 4) is 0 Å². The van der Waals surface area contributed by atoms with Crippen molar-refractivity contribution >= 4 is 40.0 Å². The van der Waals surface area contributed by atoms with E-state index in [1.807, 2.05) is 26.0 Å². The normalized spacial score (nSPS) is 18.2. The molecule has 0 bridgehead atoms. The first-order valence-electron chi connectivity index (χ1n) is 10.2. The second-order valence-corrected chi connectivity index (χ2v) is 9.01. The van der Waals surface area contributed by atoms with Gasteiger partial charge in [0.05, 0.1) is 18.0 Å². The van der Waals surface area contributed by atoms with Crippen LogP contribution < -0.4 is 10.6 Å². The lowest BCUT2D eigenvalue weighted by molar-refractivity contribution is 0.152. The van der Waals surface area contributed by atoms with Crippen LogP contribution in [0.5, 0.6) is 0 Å². The fourth-order valence-electron chi connectivity index (χ4n) is 3.18. The number of piperidine rings is 1. The number of rotatable bonds is 9. The van der Waals surface area contributed by atoms with Crippen LogP contribution in [0.4, 0.5) is 0 Å². The fraction of sp³-hybridized carbons (Fsp3) is 0.650. The van der Waals surface area contributed by atoms with Gasteiger partial charge in [-0.25, -0.2) is 13.4 Å². The summed E-state index contributed by atoms with van der Waals surface area (Å²) in [6.07, 6.45) is 2.02. The zero-order chi connectivity index (χ0) is 20.4. The molecule has 0 spiro atoms. The van der Waals surface area contributed by atoms with Gasteiger partial charge in [0.1, 0.15) is 0 Å². The van der Waals surface area contributed by atoms with Crippen molar-refractivity contribution in [2.75, 3.05) is 39.4 Å². The van der Waals surface area contributed by atoms with Crippen molar-refractivity contribution in [3.63, 3.8) is 0 Å². The van der Waals surface area contributed by atoms with E-state index >= 15 is 0 Å². The number of guanidine groups is 1. The standard InChI is InChI=1S/C20H34N4O3S.HI/c1-4-21-20(22-12-14-27-5-2)23-15-18-8-10-19(11-9-18)28(25,26)24-13-6-7-17(3)16-24;/h8-11,17H,4-7,12-16H2,1-3H3,(H2,21,22,23);1H. The highest BCUT2D eigenvalue weighted by atomic mass is 127. The molecule has 29 heavy (non-hydrogen) atoms. The van der Waals surface area contributed by atoms with Gasteiger partial charge in [-0.05, 0) is 50.3 Å². The fourth-order valence-corrected chi connectivity index (χ4v) is 4.78. The van der Waals surface area contributed by atoms with E-state index in [9.17, 15) is 8.42 Å². The highest BCUT2D eigenvalue weighted by molar-refractivity contribution is 14.0. The summed E-state index contributed by atoms with van der Waals surface area (Å²) in [6, 6.07) is 7.06. The van der Waals surface area contributed by atoms with Crippen LogP contribution in [0, 0.1) is 5.92 Å². The predicted molar refractivity (Wildman–Crippen MR) is 128 cm³/mol. The maximum Gasteiger partial charge on any atom is 0.243 e. The molecule has 1 fully saturated rings. The quantitative estimate of drug-likeness (QED) is 0.219. The smallest absolute Gasteiger partial charge is 0.243 e. The van der Waals surface area contributed by atoms with Gasteiger partial charge in [0, 0.05) is 32.8 Å². The van der Waals surface area contributed by atoms with Crippen LogP contribution in [0.15, 0.2) is 34.2 Å². The van der Waals surface area contributed by atoms with Crippen molar-refractivity contribution < 1.29 is 13.2 Å². The lowest BCUT2D eigenvalue weighted by atomic mass is 10.0. The van der Waals surface area contributed by atoms with Gasteiger partial charge >= 0.3 is 0 Å². The van der Waals surface area contributed by atoms with Crippen molar-refractivity contribution in [3.05, 3.63) is 29.8 Å². The van der Waals surface area contributed by atoms with Crippen LogP contribution in [0.2, 0.25) is 0 Å². The predicted octanol–water partition coefficient (Wildman–Crippen LogP) is 2.82. The minimum atomic E-state index is -3.41. The number of halogens is 1. The third kappa shape index (κ3) is 8.39. The maximum absolute atomic E-state index is 12.8. The van der Waals surface area contributed by atoms with Gasteiger partial charge < -0.3 is 15.4 Å². The lowest BCUT2D eigenvalue weighted by Gasteiger charge is -2.30. The molecule has 1 unspecified atom stereocenters. The summed E-state index contributed by atoms with van der Waals surface area (Å²) in [6.45, 7) is 10.6. The van der Waals surface area contributed by atoms with Crippen LogP contribution in [-0.4, -0.2) is 58.1 Å². The molecule has 1 aromatic carbocycles. The Balaban J connectivity index is 0.00000420. The third-order valence-corrected chi connectivity index (χ3v) is 6.57. The summed E-state index contributed by atoms with van der Waals surface area (Å²) in [4.78, 5) is 4.91. The first kappa shape index (κ1) is 26.1. The first-order valence-corrected chi connectivity index (χ1v) is 11.6. The van der Waals surface area contributed by atoms with E-state index in [2.05, 4.69) is 22.5 Å². The van der Waals surface area contributed by atoms with Gasteiger partial charge in [0.2, 0.25) is 10.0 Å². The summed E-state index contributed by atoms with van der Waals surface area (Å²) in [7, 11) is -3.41. The summed E-state index contributed by atoms with van der Waals surface area (Å²) in [5.74, 6) is 1.14. The monoisotopic (exact) mass is 538 g/mol. The Hall–Kier alpha value is -0.910. The Labute approximate surface area is 192 Å². The van der Waals surface area contributed by atoms with E-state index in [1.54, 1.807) is 16.4 Å². The molecule has 7 nitrogen and oxygen atoms in total. The molecule has 1 heterocycles. The number of hydrogen-bond donors (Lipinski definition) is 2. The van der Waals surface area contributed by atoms with Gasteiger partial charge in [-0.3, -0.25) is 0 Å². The molecule has 0 amide bonds. The minimum absolute atomic E-state index is 0. The van der Waals surface area contributed by atoms with E-state index in [4.69, 9.17) is 4.74 Å². The summed E-state index contributed by atoms with van der Waals surface area (Å²) in [5, 5.41) is 6.41. The van der Waals surface area contributed by atoms with Crippen LogP contribution in [-0.2, 0) is 21.3 Å². The molecule has 0 aromatic heterocycles. The molecule has 1 aliphatic rings. The molecule has 9 heteroatoms. The molecule has 166 valence electrons. The number of nitrogens with one attached hydrogen (secondary N) is 2. The SMILES string of the molecule is CCNC(=NCc1ccc(S(=O)(=O)N2CCCC(C)C2)cc1)NCCOCC.I. The summed E-state index contributed by atoms with van der Waals surface area (Å²) < 4.78 is 32.6. The van der Waals surface area contributed by atoms with Crippen molar-refractivity contribution in [1.29, 1.82) is 0 Å². The lowest BCUT2D eigenvalue weighted by Crippen LogP contribution is -2.39. The van der Waals surface area contributed by atoms with E-state index in [-0.39, 0.29) is 24.0 Å². The number of nitrogens with zero attached hydrogens (tertiary/aromatic N) is 2. The minimum Gasteiger partial charge on any atom is -0.380 e. The Morgan fingerprint density at radius 2 is 1.97 bits per heavy atom. The molecule has 0 radical (unpaired) electrons. The molecule has 1 aliphatic heterocycles. The van der Waals surface area contributed by atoms with E-state index < -0.39 is 10.0 Å². The molecule has 2 N–H and O–H groups in total. The Kier molecular flexibility index (Phi) is 12.1. The van der Waals surface area contributed by atoms with Crippen LogP contribution in [0.3, 0.4) is 0 Å². The van der Waals surface area contributed by atoms with Crippen LogP contribution in [0.1, 0.15) is 39.2 Å². The topological polar surface area (TPSA) is 83.0 Å². The third-order valence-electron chi connectivity index (χ3n) is 4.69. The molecule has 0 aliphatic carbocycles. The van der Waals surface area contributed by atoms with Crippen LogP contribution >= 0.6 is 24.0 Å². The second kappa shape index (κ2) is 13.4. The van der Waals surface area contributed by atoms with Crippen molar-refractivity contribution in [2.45, 2.75) is 45.1 Å². The summed E-state index contributed by atoms with van der Waals surface area (Å²) in [5.41, 5.74) is 0.966. The highest BCUT2D eigenvalue weighted by Gasteiger charge is 2.28. The average molecular weight is 538 g/mol. The van der Waals surface area contributed by atoms with Gasteiger partial charge in [0.25, 0.3) is 0 Å². The van der Waals surface area contributed by atoms with Gasteiger partial charge in [0.15, 0.2) is 5.96 Å². The largest absolute Gasteiger partial charge is 0.380 e. The second-order valence-electron chi connectivity index (χ2n) is 7.07. The van der Waals surface area contributed by atoms with Crippen LogP contribution in [0.25, 0.3) is 0 Å². The van der Waals surface area contributed by atoms with Gasteiger partial charge in [-0.2, -0.15) is 4.31 Å². The Morgan fingerprint density at radius 3 is 2.59 bits per heavy atom. The number of sulfonamides is 1. The van der Waals surface area contributed by atoms with Crippen molar-refractivity contribution in [2.24, 2.45) is 10.9 Å². The number of aliphatic imine (C=N–C) groups is 1. The molecule has 0 saturated carbocycles. The molecule has 1 aromatic rings. The zero-order valence-corrected chi connectivity index (χ0v) is 20.8. The zero-order valence-electron chi connectivity index (χ0n) is 17.7. The molecule has 1 atom stereocenters. The average Bonchev–Trinajstić information content (AvgIpc) is 2.69. The molecular weight excluding hydrogens is 503 g/mol. The van der Waals surface area contributed by atoms with E-state index in [0.29, 0.717) is 50.2 Å². The van der Waals surface area contributed by atoms with Gasteiger partial charge in [-0.15, -0.1) is 24.0 Å². The number of ether oxygens (including phenoxy) is 1. The molecular formula is C20H35IN4O3S. The number of hydrogen-bond acceptors (Lipinski definition) is 4. The van der Waals surface area contributed by atoms with E-state index in [0.717, 1.165) is 30.9 Å². The highest BCUT2D eigenvalue weighted by Crippen LogP contribution is 2.23. The number of benzene rings is 1.